The van der Waals surface area contributed by atoms with Gasteiger partial charge in [0, 0.05) is 18.2 Å². The number of aromatic nitrogens is 1. The zero-order valence-corrected chi connectivity index (χ0v) is 11.1. The quantitative estimate of drug-likeness (QED) is 0.915. The lowest BCUT2D eigenvalue weighted by Gasteiger charge is -2.08. The summed E-state index contributed by atoms with van der Waals surface area (Å²) in [7, 11) is 0. The van der Waals surface area contributed by atoms with Crippen LogP contribution in [0.5, 0.6) is 5.75 Å². The Labute approximate surface area is 116 Å². The van der Waals surface area contributed by atoms with Crippen molar-refractivity contribution < 1.29 is 13.5 Å². The van der Waals surface area contributed by atoms with Gasteiger partial charge >= 0.3 is 0 Å². The number of ether oxygens (including phenoxy) is 1. The molecule has 3 nitrogen and oxygen atoms in total. The molecule has 2 rings (SSSR count). The maximum Gasteiger partial charge on any atom is 0.159 e. The first-order valence-electron chi connectivity index (χ1n) is 6.32. The Morgan fingerprint density at radius 3 is 2.60 bits per heavy atom. The summed E-state index contributed by atoms with van der Waals surface area (Å²) in [4.78, 5) is 4.22. The van der Waals surface area contributed by atoms with Crippen LogP contribution in [-0.2, 0) is 13.0 Å². The van der Waals surface area contributed by atoms with E-state index in [-0.39, 0.29) is 12.6 Å². The summed E-state index contributed by atoms with van der Waals surface area (Å²) in [5.74, 6) is -1.17. The lowest BCUT2D eigenvalue weighted by Crippen LogP contribution is -2.18. The third kappa shape index (κ3) is 3.99. The highest BCUT2D eigenvalue weighted by atomic mass is 19.2. The average Bonchev–Trinajstić information content (AvgIpc) is 2.41. The molecule has 0 fully saturated rings. The zero-order chi connectivity index (χ0) is 14.5. The lowest BCUT2D eigenvalue weighted by molar-refractivity contribution is 0.303. The van der Waals surface area contributed by atoms with Crippen LogP contribution in [0, 0.1) is 11.6 Å². The molecule has 1 heterocycles. The second-order valence-electron chi connectivity index (χ2n) is 4.70. The van der Waals surface area contributed by atoms with Crippen LogP contribution in [0.3, 0.4) is 0 Å². The number of benzene rings is 1. The van der Waals surface area contributed by atoms with E-state index in [2.05, 4.69) is 4.98 Å². The van der Waals surface area contributed by atoms with Crippen molar-refractivity contribution in [2.75, 3.05) is 0 Å². The van der Waals surface area contributed by atoms with E-state index in [9.17, 15) is 8.78 Å². The highest BCUT2D eigenvalue weighted by Crippen LogP contribution is 2.14. The van der Waals surface area contributed by atoms with E-state index in [0.29, 0.717) is 17.7 Å². The molecule has 2 aromatic rings. The highest BCUT2D eigenvalue weighted by Gasteiger charge is 2.04. The highest BCUT2D eigenvalue weighted by molar-refractivity contribution is 5.22. The van der Waals surface area contributed by atoms with E-state index in [4.69, 9.17) is 10.5 Å². The van der Waals surface area contributed by atoms with Crippen molar-refractivity contribution in [2.24, 2.45) is 5.73 Å². The van der Waals surface area contributed by atoms with Gasteiger partial charge in [0.15, 0.2) is 11.6 Å². The van der Waals surface area contributed by atoms with E-state index in [1.165, 1.54) is 6.07 Å². The van der Waals surface area contributed by atoms with Gasteiger partial charge in [0.25, 0.3) is 0 Å². The zero-order valence-electron chi connectivity index (χ0n) is 11.1. The number of halogens is 2. The van der Waals surface area contributed by atoms with Crippen molar-refractivity contribution >= 4 is 0 Å². The molecular formula is C15H16F2N2O. The largest absolute Gasteiger partial charge is 0.487 e. The van der Waals surface area contributed by atoms with Gasteiger partial charge in [0.05, 0.1) is 6.20 Å². The summed E-state index contributed by atoms with van der Waals surface area (Å²) in [5, 5.41) is 0. The van der Waals surface area contributed by atoms with Gasteiger partial charge in [-0.2, -0.15) is 0 Å². The number of pyridine rings is 1. The fraction of sp³-hybridized carbons (Fsp3) is 0.267. The fourth-order valence-electron chi connectivity index (χ4n) is 1.74. The van der Waals surface area contributed by atoms with E-state index in [0.717, 1.165) is 17.8 Å². The Bertz CT molecular complexity index is 571. The van der Waals surface area contributed by atoms with Crippen LogP contribution < -0.4 is 10.5 Å². The molecule has 1 aromatic carbocycles. The second kappa shape index (κ2) is 6.43. The first-order chi connectivity index (χ1) is 9.54. The summed E-state index contributed by atoms with van der Waals surface area (Å²) >= 11 is 0. The molecule has 0 radical (unpaired) electrons. The van der Waals surface area contributed by atoms with Gasteiger partial charge in [-0.15, -0.1) is 0 Å². The molecule has 1 aromatic heterocycles. The number of hydrogen-bond donors (Lipinski definition) is 1. The Hall–Kier alpha value is -2.01. The average molecular weight is 278 g/mol. The molecule has 106 valence electrons. The van der Waals surface area contributed by atoms with Crippen molar-refractivity contribution in [1.29, 1.82) is 0 Å². The van der Waals surface area contributed by atoms with Crippen LogP contribution in [-0.4, -0.2) is 11.0 Å². The minimum atomic E-state index is -0.878. The predicted molar refractivity (Wildman–Crippen MR) is 72.3 cm³/mol. The van der Waals surface area contributed by atoms with E-state index in [1.807, 2.05) is 13.0 Å². The van der Waals surface area contributed by atoms with Crippen LogP contribution in [0.4, 0.5) is 8.78 Å². The molecule has 0 spiro atoms. The summed E-state index contributed by atoms with van der Waals surface area (Å²) < 4.78 is 31.3. The molecule has 20 heavy (non-hydrogen) atoms. The Morgan fingerprint density at radius 1 is 1.20 bits per heavy atom. The van der Waals surface area contributed by atoms with Crippen LogP contribution >= 0.6 is 0 Å². The topological polar surface area (TPSA) is 48.1 Å². The molecule has 0 aliphatic heterocycles. The van der Waals surface area contributed by atoms with Crippen LogP contribution in [0.1, 0.15) is 18.2 Å². The van der Waals surface area contributed by atoms with Crippen molar-refractivity contribution in [3.63, 3.8) is 0 Å². The molecule has 0 saturated heterocycles. The normalized spacial score (nSPS) is 12.2. The second-order valence-corrected chi connectivity index (χ2v) is 4.70. The van der Waals surface area contributed by atoms with Gasteiger partial charge in [-0.25, -0.2) is 8.78 Å². The Kier molecular flexibility index (Phi) is 4.63. The first kappa shape index (κ1) is 14.4. The van der Waals surface area contributed by atoms with E-state index in [1.54, 1.807) is 12.3 Å². The van der Waals surface area contributed by atoms with Gasteiger partial charge in [0.1, 0.15) is 12.4 Å². The minimum absolute atomic E-state index is 0.0523. The predicted octanol–water partition coefficient (Wildman–Crippen LogP) is 2.83. The van der Waals surface area contributed by atoms with E-state index < -0.39 is 11.6 Å². The lowest BCUT2D eigenvalue weighted by atomic mass is 10.2. The van der Waals surface area contributed by atoms with Crippen LogP contribution in [0.2, 0.25) is 0 Å². The molecule has 0 amide bonds. The summed E-state index contributed by atoms with van der Waals surface area (Å²) in [6.45, 7) is 2.07. The standard InChI is InChI=1S/C15H16F2N2O/c1-10(18)6-12-3-4-13(8-19-12)20-9-11-2-5-14(16)15(17)7-11/h2-5,7-8,10H,6,9,18H2,1H3. The summed E-state index contributed by atoms with van der Waals surface area (Å²) in [6, 6.07) is 7.35. The third-order valence-electron chi connectivity index (χ3n) is 2.72. The van der Waals surface area contributed by atoms with Crippen molar-refractivity contribution in [2.45, 2.75) is 26.0 Å². The number of hydrogen-bond acceptors (Lipinski definition) is 3. The van der Waals surface area contributed by atoms with Crippen molar-refractivity contribution in [3.8, 4) is 5.75 Å². The molecule has 1 atom stereocenters. The molecule has 0 aliphatic carbocycles. The van der Waals surface area contributed by atoms with Crippen LogP contribution in [0.15, 0.2) is 36.5 Å². The SMILES string of the molecule is CC(N)Cc1ccc(OCc2ccc(F)c(F)c2)cn1. The first-order valence-corrected chi connectivity index (χ1v) is 6.32. The molecule has 0 aliphatic rings. The van der Waals surface area contributed by atoms with Gasteiger partial charge < -0.3 is 10.5 Å². The maximum atomic E-state index is 13.0. The molecule has 0 saturated carbocycles. The van der Waals surface area contributed by atoms with Crippen molar-refractivity contribution in [1.82, 2.24) is 4.98 Å². The van der Waals surface area contributed by atoms with E-state index >= 15 is 0 Å². The smallest absolute Gasteiger partial charge is 0.159 e. The molecule has 5 heteroatoms. The Balaban J connectivity index is 1.95. The Morgan fingerprint density at radius 2 is 2.00 bits per heavy atom. The van der Waals surface area contributed by atoms with Gasteiger partial charge in [-0.1, -0.05) is 6.07 Å². The number of nitrogens with two attached hydrogens (primary N) is 1. The fourth-order valence-corrected chi connectivity index (χ4v) is 1.74. The summed E-state index contributed by atoms with van der Waals surface area (Å²) in [6.07, 6.45) is 2.29. The number of rotatable bonds is 5. The molecule has 0 bridgehead atoms. The number of nitrogens with zero attached hydrogens (tertiary/aromatic N) is 1. The van der Waals surface area contributed by atoms with Crippen molar-refractivity contribution in [3.05, 3.63) is 59.4 Å². The van der Waals surface area contributed by atoms with Crippen LogP contribution in [0.25, 0.3) is 0 Å². The monoisotopic (exact) mass is 278 g/mol. The maximum absolute atomic E-state index is 13.0. The van der Waals surface area contributed by atoms with Gasteiger partial charge in [0.2, 0.25) is 0 Å². The third-order valence-corrected chi connectivity index (χ3v) is 2.72. The molecule has 2 N–H and O–H groups in total. The van der Waals surface area contributed by atoms with Gasteiger partial charge in [-0.3, -0.25) is 4.98 Å². The minimum Gasteiger partial charge on any atom is -0.487 e. The molecular weight excluding hydrogens is 262 g/mol. The van der Waals surface area contributed by atoms with Gasteiger partial charge in [-0.05, 0) is 36.8 Å². The summed E-state index contributed by atoms with van der Waals surface area (Å²) in [5.41, 5.74) is 7.13. The molecule has 1 unspecified atom stereocenters.